The van der Waals surface area contributed by atoms with Crippen molar-refractivity contribution < 1.29 is 5.11 Å². The summed E-state index contributed by atoms with van der Waals surface area (Å²) in [5.74, 6) is 1.06. The van der Waals surface area contributed by atoms with Crippen molar-refractivity contribution in [2.75, 3.05) is 37.6 Å². The molecule has 4 rings (SSSR count). The lowest BCUT2D eigenvalue weighted by molar-refractivity contribution is 0.260. The number of nitrogens with zero attached hydrogens (tertiary/aromatic N) is 5. The Balaban J connectivity index is 1.38. The minimum Gasteiger partial charge on any atom is -0.506 e. The Labute approximate surface area is 146 Å². The summed E-state index contributed by atoms with van der Waals surface area (Å²) in [5.41, 5.74) is 1.92. The molecular formula is C19H21N5O. The van der Waals surface area contributed by atoms with Crippen LogP contribution in [0.3, 0.4) is 0 Å². The second-order valence-electron chi connectivity index (χ2n) is 6.27. The average Bonchev–Trinajstić information content (AvgIpc) is 2.69. The Kier molecular flexibility index (Phi) is 4.43. The van der Waals surface area contributed by atoms with Gasteiger partial charge in [0.05, 0.1) is 0 Å². The second kappa shape index (κ2) is 7.03. The number of aromatic hydroxyl groups is 1. The number of piperazine rings is 1. The van der Waals surface area contributed by atoms with Crippen molar-refractivity contribution in [3.8, 4) is 5.75 Å². The molecule has 0 radical (unpaired) electrons. The Morgan fingerprint density at radius 2 is 1.64 bits per heavy atom. The molecule has 6 nitrogen and oxygen atoms in total. The number of benzene rings is 1. The number of hydrogen-bond donors (Lipinski definition) is 1. The molecule has 0 spiro atoms. The molecule has 1 N–H and O–H groups in total. The summed E-state index contributed by atoms with van der Waals surface area (Å²) in [6, 6.07) is 9.55. The van der Waals surface area contributed by atoms with Gasteiger partial charge in [0.15, 0.2) is 0 Å². The van der Waals surface area contributed by atoms with E-state index in [1.807, 2.05) is 24.3 Å². The van der Waals surface area contributed by atoms with E-state index >= 15 is 0 Å². The van der Waals surface area contributed by atoms with Crippen molar-refractivity contribution >= 4 is 16.9 Å². The summed E-state index contributed by atoms with van der Waals surface area (Å²) in [5, 5.41) is 11.0. The zero-order chi connectivity index (χ0) is 17.1. The Hall–Kier alpha value is -2.73. The first-order valence-corrected chi connectivity index (χ1v) is 8.61. The number of phenols is 1. The predicted molar refractivity (Wildman–Crippen MR) is 97.8 cm³/mol. The molecule has 0 saturated carbocycles. The van der Waals surface area contributed by atoms with Crippen LogP contribution in [0.15, 0.2) is 48.9 Å². The fraction of sp³-hybridized carbons (Fsp3) is 0.316. The molecule has 128 valence electrons. The van der Waals surface area contributed by atoms with Crippen LogP contribution in [0.4, 0.5) is 5.95 Å². The smallest absolute Gasteiger partial charge is 0.225 e. The maximum Gasteiger partial charge on any atom is 0.225 e. The van der Waals surface area contributed by atoms with Crippen molar-refractivity contribution in [1.29, 1.82) is 0 Å². The zero-order valence-corrected chi connectivity index (χ0v) is 14.0. The molecule has 1 saturated heterocycles. The van der Waals surface area contributed by atoms with E-state index in [9.17, 15) is 5.11 Å². The SMILES string of the molecule is Oc1ccc(CCN2CCN(c3ncccn3)CC2)c2cccnc12. The van der Waals surface area contributed by atoms with Gasteiger partial charge in [0.2, 0.25) is 5.95 Å². The number of phenolic OH excluding ortho intramolecular Hbond substituents is 1. The van der Waals surface area contributed by atoms with Crippen LogP contribution < -0.4 is 4.90 Å². The number of fused-ring (bicyclic) bond motifs is 1. The highest BCUT2D eigenvalue weighted by molar-refractivity contribution is 5.87. The van der Waals surface area contributed by atoms with E-state index in [4.69, 9.17) is 0 Å². The van der Waals surface area contributed by atoms with Crippen molar-refractivity contribution in [3.05, 3.63) is 54.5 Å². The van der Waals surface area contributed by atoms with Crippen molar-refractivity contribution in [2.45, 2.75) is 6.42 Å². The monoisotopic (exact) mass is 335 g/mol. The van der Waals surface area contributed by atoms with E-state index < -0.39 is 0 Å². The molecule has 3 aromatic rings. The van der Waals surface area contributed by atoms with E-state index in [1.54, 1.807) is 24.7 Å². The van der Waals surface area contributed by atoms with Crippen molar-refractivity contribution in [2.24, 2.45) is 0 Å². The molecule has 0 unspecified atom stereocenters. The molecule has 6 heteroatoms. The van der Waals surface area contributed by atoms with Gasteiger partial charge in [-0.2, -0.15) is 0 Å². The Morgan fingerprint density at radius 3 is 2.44 bits per heavy atom. The van der Waals surface area contributed by atoms with Gasteiger partial charge in [-0.05, 0) is 30.2 Å². The number of pyridine rings is 1. The standard InChI is InChI=1S/C19H21N5O/c25-17-5-4-15(16-3-1-7-20-18(16)17)6-10-23-11-13-24(14-12-23)19-21-8-2-9-22-19/h1-5,7-9,25H,6,10-14H2. The first kappa shape index (κ1) is 15.8. The second-order valence-corrected chi connectivity index (χ2v) is 6.27. The van der Waals surface area contributed by atoms with Crippen LogP contribution in [-0.4, -0.2) is 57.7 Å². The molecule has 25 heavy (non-hydrogen) atoms. The summed E-state index contributed by atoms with van der Waals surface area (Å²) in [6.45, 7) is 4.90. The molecule has 0 atom stereocenters. The van der Waals surface area contributed by atoms with Crippen LogP contribution in [0.1, 0.15) is 5.56 Å². The molecular weight excluding hydrogens is 314 g/mol. The Morgan fingerprint density at radius 1 is 0.880 bits per heavy atom. The van der Waals surface area contributed by atoms with Gasteiger partial charge in [-0.15, -0.1) is 0 Å². The predicted octanol–water partition coefficient (Wildman–Crippen LogP) is 2.10. The molecule has 1 aliphatic heterocycles. The summed E-state index contributed by atoms with van der Waals surface area (Å²) in [7, 11) is 0. The van der Waals surface area contributed by atoms with Gasteiger partial charge in [-0.3, -0.25) is 9.88 Å². The molecule has 0 amide bonds. The number of aromatic nitrogens is 3. The van der Waals surface area contributed by atoms with Gasteiger partial charge in [-0.1, -0.05) is 12.1 Å². The maximum atomic E-state index is 9.96. The number of hydrogen-bond acceptors (Lipinski definition) is 6. The van der Waals surface area contributed by atoms with Crippen molar-refractivity contribution in [1.82, 2.24) is 19.9 Å². The summed E-state index contributed by atoms with van der Waals surface area (Å²) in [4.78, 5) is 17.7. The number of rotatable bonds is 4. The highest BCUT2D eigenvalue weighted by atomic mass is 16.3. The first-order valence-electron chi connectivity index (χ1n) is 8.61. The fourth-order valence-corrected chi connectivity index (χ4v) is 3.34. The Bertz CT molecular complexity index is 847. The normalized spacial score (nSPS) is 15.6. The third kappa shape index (κ3) is 3.39. The topological polar surface area (TPSA) is 65.4 Å². The van der Waals surface area contributed by atoms with Crippen LogP contribution in [0.25, 0.3) is 10.9 Å². The van der Waals surface area contributed by atoms with Gasteiger partial charge in [0.25, 0.3) is 0 Å². The van der Waals surface area contributed by atoms with Gasteiger partial charge in [-0.25, -0.2) is 9.97 Å². The molecule has 1 aromatic carbocycles. The lowest BCUT2D eigenvalue weighted by Crippen LogP contribution is -2.47. The lowest BCUT2D eigenvalue weighted by atomic mass is 10.0. The molecule has 1 aliphatic rings. The van der Waals surface area contributed by atoms with Crippen molar-refractivity contribution in [3.63, 3.8) is 0 Å². The molecule has 0 aliphatic carbocycles. The molecule has 1 fully saturated rings. The van der Waals surface area contributed by atoms with E-state index in [0.29, 0.717) is 5.52 Å². The van der Waals surface area contributed by atoms with E-state index in [0.717, 1.165) is 50.5 Å². The largest absolute Gasteiger partial charge is 0.506 e. The highest BCUT2D eigenvalue weighted by Gasteiger charge is 2.18. The van der Waals surface area contributed by atoms with E-state index in [-0.39, 0.29) is 5.75 Å². The van der Waals surface area contributed by atoms with Crippen LogP contribution in [0.2, 0.25) is 0 Å². The molecule has 2 aromatic heterocycles. The molecule has 0 bridgehead atoms. The van der Waals surface area contributed by atoms with E-state index in [1.165, 1.54) is 5.56 Å². The van der Waals surface area contributed by atoms with Crippen LogP contribution in [0.5, 0.6) is 5.75 Å². The molecule has 3 heterocycles. The quantitative estimate of drug-likeness (QED) is 0.788. The lowest BCUT2D eigenvalue weighted by Gasteiger charge is -2.34. The third-order valence-corrected chi connectivity index (χ3v) is 4.74. The van der Waals surface area contributed by atoms with Crippen LogP contribution in [-0.2, 0) is 6.42 Å². The van der Waals surface area contributed by atoms with Gasteiger partial charge >= 0.3 is 0 Å². The summed E-state index contributed by atoms with van der Waals surface area (Å²) in [6.07, 6.45) is 6.25. The minimum atomic E-state index is 0.246. The van der Waals surface area contributed by atoms with Crippen LogP contribution >= 0.6 is 0 Å². The summed E-state index contributed by atoms with van der Waals surface area (Å²) >= 11 is 0. The highest BCUT2D eigenvalue weighted by Crippen LogP contribution is 2.26. The summed E-state index contributed by atoms with van der Waals surface area (Å²) < 4.78 is 0. The number of anilines is 1. The van der Waals surface area contributed by atoms with Gasteiger partial charge in [0, 0.05) is 56.7 Å². The third-order valence-electron chi connectivity index (χ3n) is 4.74. The minimum absolute atomic E-state index is 0.246. The van der Waals surface area contributed by atoms with E-state index in [2.05, 4.69) is 24.8 Å². The fourth-order valence-electron chi connectivity index (χ4n) is 3.34. The average molecular weight is 335 g/mol. The zero-order valence-electron chi connectivity index (χ0n) is 14.0. The van der Waals surface area contributed by atoms with Gasteiger partial charge in [0.1, 0.15) is 11.3 Å². The van der Waals surface area contributed by atoms with Gasteiger partial charge < -0.3 is 10.0 Å². The van der Waals surface area contributed by atoms with Crippen LogP contribution in [0, 0.1) is 0 Å². The first-order chi connectivity index (χ1) is 12.3. The maximum absolute atomic E-state index is 9.96.